The average molecular weight is 519 g/mol. The lowest BCUT2D eigenvalue weighted by Gasteiger charge is -2.23. The summed E-state index contributed by atoms with van der Waals surface area (Å²) in [6.45, 7) is 8.80. The lowest BCUT2D eigenvalue weighted by atomic mass is 9.86. The molecule has 3 N–H and O–H groups in total. The van der Waals surface area contributed by atoms with Gasteiger partial charge in [-0.3, -0.25) is 19.2 Å². The maximum Gasteiger partial charge on any atom is 0.309 e. The normalized spacial score (nSPS) is 14.3. The van der Waals surface area contributed by atoms with Gasteiger partial charge in [-0.15, -0.1) is 0 Å². The SMILES string of the molecule is CCC(C)C(=O)OCCOC(=O)C(CC(C)C(=O)OCCOCCOC)CC(CC)C(=O)NCCN. The summed E-state index contributed by atoms with van der Waals surface area (Å²) in [4.78, 5) is 49.6. The van der Waals surface area contributed by atoms with Gasteiger partial charge in [-0.2, -0.15) is 0 Å². The van der Waals surface area contributed by atoms with Gasteiger partial charge in [0.05, 0.1) is 37.6 Å². The first-order chi connectivity index (χ1) is 17.2. The molecule has 0 saturated heterocycles. The summed E-state index contributed by atoms with van der Waals surface area (Å²) in [5, 5.41) is 2.75. The second-order valence-corrected chi connectivity index (χ2v) is 8.67. The largest absolute Gasteiger partial charge is 0.463 e. The molecule has 1 amide bonds. The van der Waals surface area contributed by atoms with Crippen LogP contribution in [0.5, 0.6) is 0 Å². The Balaban J connectivity index is 5.00. The van der Waals surface area contributed by atoms with Gasteiger partial charge in [0.15, 0.2) is 0 Å². The zero-order valence-corrected chi connectivity index (χ0v) is 22.5. The molecule has 0 aliphatic rings. The summed E-state index contributed by atoms with van der Waals surface area (Å²) in [5.74, 6) is -3.58. The number of rotatable bonds is 21. The number of hydrogen-bond donors (Lipinski definition) is 2. The lowest BCUT2D eigenvalue weighted by Crippen LogP contribution is -2.36. The molecule has 0 aromatic rings. The number of carbonyl (C=O) groups excluding carboxylic acids is 4. The molecule has 0 spiro atoms. The van der Waals surface area contributed by atoms with Crippen LogP contribution in [0.2, 0.25) is 0 Å². The van der Waals surface area contributed by atoms with Crippen molar-refractivity contribution in [1.29, 1.82) is 0 Å². The Labute approximate surface area is 215 Å². The van der Waals surface area contributed by atoms with Gasteiger partial charge in [0.2, 0.25) is 5.91 Å². The molecule has 4 unspecified atom stereocenters. The molecule has 0 saturated carbocycles. The monoisotopic (exact) mass is 518 g/mol. The van der Waals surface area contributed by atoms with Gasteiger partial charge in [0, 0.05) is 26.1 Å². The molecule has 11 heteroatoms. The molecule has 0 aliphatic carbocycles. The first-order valence-corrected chi connectivity index (χ1v) is 12.8. The number of ether oxygens (including phenoxy) is 5. The quantitative estimate of drug-likeness (QED) is 0.130. The van der Waals surface area contributed by atoms with Crippen molar-refractivity contribution in [3.63, 3.8) is 0 Å². The molecule has 0 heterocycles. The first kappa shape index (κ1) is 33.8. The van der Waals surface area contributed by atoms with E-state index in [1.54, 1.807) is 21.0 Å². The van der Waals surface area contributed by atoms with Gasteiger partial charge in [-0.05, 0) is 25.7 Å². The number of hydrogen-bond acceptors (Lipinski definition) is 10. The number of esters is 3. The van der Waals surface area contributed by atoms with Crippen LogP contribution in [0.25, 0.3) is 0 Å². The van der Waals surface area contributed by atoms with Crippen LogP contribution in [0.3, 0.4) is 0 Å². The van der Waals surface area contributed by atoms with Crippen molar-refractivity contribution in [1.82, 2.24) is 5.32 Å². The Bertz CT molecular complexity index is 645. The average Bonchev–Trinajstić information content (AvgIpc) is 2.88. The topological polar surface area (TPSA) is 152 Å². The maximum absolute atomic E-state index is 12.9. The third-order valence-electron chi connectivity index (χ3n) is 5.74. The minimum atomic E-state index is -0.718. The van der Waals surface area contributed by atoms with E-state index in [9.17, 15) is 19.2 Å². The summed E-state index contributed by atoms with van der Waals surface area (Å²) in [5.41, 5.74) is 5.47. The highest BCUT2D eigenvalue weighted by molar-refractivity contribution is 5.80. The summed E-state index contributed by atoms with van der Waals surface area (Å²) in [6, 6.07) is 0. The van der Waals surface area contributed by atoms with Gasteiger partial charge in [0.25, 0.3) is 0 Å². The molecule has 4 atom stereocenters. The van der Waals surface area contributed by atoms with Crippen molar-refractivity contribution < 1.29 is 42.9 Å². The van der Waals surface area contributed by atoms with Crippen LogP contribution in [0.4, 0.5) is 0 Å². The fourth-order valence-electron chi connectivity index (χ4n) is 3.25. The van der Waals surface area contributed by atoms with Crippen LogP contribution < -0.4 is 11.1 Å². The van der Waals surface area contributed by atoms with E-state index >= 15 is 0 Å². The van der Waals surface area contributed by atoms with E-state index in [1.165, 1.54) is 0 Å². The highest BCUT2D eigenvalue weighted by Crippen LogP contribution is 2.25. The van der Waals surface area contributed by atoms with Gasteiger partial charge >= 0.3 is 17.9 Å². The van der Waals surface area contributed by atoms with Crippen molar-refractivity contribution in [2.75, 3.05) is 59.8 Å². The zero-order chi connectivity index (χ0) is 27.3. The number of carbonyl (C=O) groups is 4. The van der Waals surface area contributed by atoms with Crippen molar-refractivity contribution in [2.45, 2.75) is 53.4 Å². The number of methoxy groups -OCH3 is 1. The van der Waals surface area contributed by atoms with E-state index < -0.39 is 29.7 Å². The van der Waals surface area contributed by atoms with E-state index in [0.717, 1.165) is 0 Å². The fraction of sp³-hybridized carbons (Fsp3) is 0.840. The van der Waals surface area contributed by atoms with Crippen LogP contribution in [-0.2, 0) is 42.9 Å². The number of nitrogens with two attached hydrogens (primary N) is 1. The minimum absolute atomic E-state index is 0.0590. The standard InChI is InChI=1S/C25H46N2O9/c1-6-18(3)23(29)35-14-15-36-25(31)21(17-20(7-2)22(28)27-9-8-26)16-19(4)24(30)34-13-12-33-11-10-32-5/h18-21H,6-17,26H2,1-5H3,(H,27,28). The molecule has 0 bridgehead atoms. The molecule has 0 radical (unpaired) electrons. The van der Waals surface area contributed by atoms with Crippen molar-refractivity contribution in [3.05, 3.63) is 0 Å². The zero-order valence-electron chi connectivity index (χ0n) is 22.5. The second kappa shape index (κ2) is 20.9. The Morgan fingerprint density at radius 3 is 1.83 bits per heavy atom. The van der Waals surface area contributed by atoms with E-state index in [1.807, 2.05) is 13.8 Å². The van der Waals surface area contributed by atoms with E-state index in [4.69, 9.17) is 29.4 Å². The van der Waals surface area contributed by atoms with Gasteiger partial charge in [0.1, 0.15) is 19.8 Å². The highest BCUT2D eigenvalue weighted by atomic mass is 16.6. The Kier molecular flexibility index (Phi) is 19.6. The van der Waals surface area contributed by atoms with Gasteiger partial charge in [-0.1, -0.05) is 27.7 Å². The number of amides is 1. The summed E-state index contributed by atoms with van der Waals surface area (Å²) in [7, 11) is 1.57. The molecule has 0 rings (SSSR count). The molecule has 0 aromatic heterocycles. The molecule has 0 aromatic carbocycles. The van der Waals surface area contributed by atoms with E-state index in [2.05, 4.69) is 5.32 Å². The van der Waals surface area contributed by atoms with E-state index in [0.29, 0.717) is 39.1 Å². The van der Waals surface area contributed by atoms with Crippen molar-refractivity contribution in [3.8, 4) is 0 Å². The summed E-state index contributed by atoms with van der Waals surface area (Å²) < 4.78 is 25.9. The van der Waals surface area contributed by atoms with Gasteiger partial charge < -0.3 is 34.7 Å². The minimum Gasteiger partial charge on any atom is -0.463 e. The number of nitrogens with one attached hydrogen (secondary N) is 1. The van der Waals surface area contributed by atoms with Crippen molar-refractivity contribution in [2.24, 2.45) is 29.4 Å². The summed E-state index contributed by atoms with van der Waals surface area (Å²) in [6.07, 6.45) is 1.51. The van der Waals surface area contributed by atoms with Crippen LogP contribution >= 0.6 is 0 Å². The molecular weight excluding hydrogens is 472 g/mol. The Morgan fingerprint density at radius 2 is 1.28 bits per heavy atom. The third kappa shape index (κ3) is 15.0. The molecule has 36 heavy (non-hydrogen) atoms. The highest BCUT2D eigenvalue weighted by Gasteiger charge is 2.31. The van der Waals surface area contributed by atoms with Crippen LogP contribution in [-0.4, -0.2) is 83.7 Å². The molecule has 11 nitrogen and oxygen atoms in total. The smallest absolute Gasteiger partial charge is 0.309 e. The van der Waals surface area contributed by atoms with Gasteiger partial charge in [-0.25, -0.2) is 0 Å². The predicted octanol–water partition coefficient (Wildman–Crippen LogP) is 1.46. The summed E-state index contributed by atoms with van der Waals surface area (Å²) >= 11 is 0. The van der Waals surface area contributed by atoms with Crippen molar-refractivity contribution >= 4 is 23.8 Å². The maximum atomic E-state index is 12.9. The van der Waals surface area contributed by atoms with Crippen LogP contribution in [0, 0.1) is 23.7 Å². The van der Waals surface area contributed by atoms with Crippen LogP contribution in [0.1, 0.15) is 53.4 Å². The molecule has 210 valence electrons. The van der Waals surface area contributed by atoms with Crippen LogP contribution in [0.15, 0.2) is 0 Å². The predicted molar refractivity (Wildman–Crippen MR) is 133 cm³/mol. The molecule has 0 aliphatic heterocycles. The first-order valence-electron chi connectivity index (χ1n) is 12.8. The fourth-order valence-corrected chi connectivity index (χ4v) is 3.25. The second-order valence-electron chi connectivity index (χ2n) is 8.67. The lowest BCUT2D eigenvalue weighted by molar-refractivity contribution is -0.159. The Morgan fingerprint density at radius 1 is 0.722 bits per heavy atom. The molecular formula is C25H46N2O9. The Hall–Kier alpha value is -2.24. The molecule has 0 fully saturated rings. The third-order valence-corrected chi connectivity index (χ3v) is 5.74. The van der Waals surface area contributed by atoms with E-state index in [-0.39, 0.29) is 57.1 Å².